The van der Waals surface area contributed by atoms with Crippen LogP contribution >= 0.6 is 0 Å². The number of fused-ring (bicyclic) bond motifs is 2. The van der Waals surface area contributed by atoms with Gasteiger partial charge in [0.2, 0.25) is 5.43 Å². The molecule has 1 aromatic heterocycles. The molecule has 2 amide bonds. The summed E-state index contributed by atoms with van der Waals surface area (Å²) in [4.78, 5) is 37.4. The number of benzene rings is 1. The molecule has 8 nitrogen and oxygen atoms in total. The average Bonchev–Trinajstić information content (AvgIpc) is 3.12. The van der Waals surface area contributed by atoms with Crippen LogP contribution in [0.2, 0.25) is 0 Å². The molecule has 28 heavy (non-hydrogen) atoms. The van der Waals surface area contributed by atoms with E-state index in [9.17, 15) is 28.3 Å². The van der Waals surface area contributed by atoms with Crippen LogP contribution in [0.25, 0.3) is 0 Å². The molecule has 2 N–H and O–H groups in total. The smallest absolute Gasteiger partial charge is 0.288 e. The maximum atomic E-state index is 13.7. The van der Waals surface area contributed by atoms with Crippen molar-refractivity contribution in [3.05, 3.63) is 63.1 Å². The van der Waals surface area contributed by atoms with Gasteiger partial charge in [0.1, 0.15) is 17.2 Å². The van der Waals surface area contributed by atoms with Crippen molar-refractivity contribution >= 4 is 11.8 Å². The van der Waals surface area contributed by atoms with Crippen molar-refractivity contribution < 1.29 is 23.5 Å². The topological polar surface area (TPSA) is 94.9 Å². The molecule has 0 saturated carbocycles. The van der Waals surface area contributed by atoms with Gasteiger partial charge in [0.05, 0.1) is 6.67 Å². The zero-order valence-electron chi connectivity index (χ0n) is 14.6. The van der Waals surface area contributed by atoms with Gasteiger partial charge in [-0.2, -0.15) is 5.01 Å². The van der Waals surface area contributed by atoms with Gasteiger partial charge < -0.3 is 15.0 Å². The van der Waals surface area contributed by atoms with Crippen LogP contribution in [-0.2, 0) is 13.2 Å². The Bertz CT molecular complexity index is 1050. The first-order valence-corrected chi connectivity index (χ1v) is 8.62. The molecule has 4 rings (SSSR count). The number of amides is 2. The van der Waals surface area contributed by atoms with Crippen molar-refractivity contribution in [3.8, 4) is 5.75 Å². The van der Waals surface area contributed by atoms with Crippen LogP contribution in [0.15, 0.2) is 29.2 Å². The molecule has 3 heterocycles. The third kappa shape index (κ3) is 2.91. The number of aromatic hydroxyl groups is 1. The van der Waals surface area contributed by atoms with Crippen LogP contribution in [0.4, 0.5) is 8.78 Å². The van der Waals surface area contributed by atoms with Crippen molar-refractivity contribution in [1.82, 2.24) is 19.9 Å². The Hall–Kier alpha value is -3.27. The first-order chi connectivity index (χ1) is 13.4. The number of hydrogen-bond donors (Lipinski definition) is 2. The van der Waals surface area contributed by atoms with E-state index in [1.54, 1.807) is 5.01 Å². The Morgan fingerprint density at radius 3 is 2.75 bits per heavy atom. The summed E-state index contributed by atoms with van der Waals surface area (Å²) in [6.07, 6.45) is 1.98. The lowest BCUT2D eigenvalue weighted by atomic mass is 10.1. The molecular weight excluding hydrogens is 374 g/mol. The first kappa shape index (κ1) is 18.1. The fraction of sp³-hybridized carbons (Fsp3) is 0.278. The normalized spacial score (nSPS) is 16.1. The summed E-state index contributed by atoms with van der Waals surface area (Å²) < 4.78 is 28.0. The van der Waals surface area contributed by atoms with Crippen LogP contribution in [0.1, 0.15) is 32.8 Å². The zero-order chi connectivity index (χ0) is 20.0. The summed E-state index contributed by atoms with van der Waals surface area (Å²) >= 11 is 0. The van der Waals surface area contributed by atoms with Crippen molar-refractivity contribution in [1.29, 1.82) is 0 Å². The lowest BCUT2D eigenvalue weighted by molar-refractivity contribution is -0.0102. The van der Waals surface area contributed by atoms with Crippen molar-refractivity contribution in [2.45, 2.75) is 19.6 Å². The number of nitrogens with zero attached hydrogens (tertiary/aromatic N) is 3. The Morgan fingerprint density at radius 2 is 2.00 bits per heavy atom. The van der Waals surface area contributed by atoms with Crippen molar-refractivity contribution in [2.75, 3.05) is 13.1 Å². The predicted molar refractivity (Wildman–Crippen MR) is 92.3 cm³/mol. The lowest BCUT2D eigenvalue weighted by Gasteiger charge is -2.35. The van der Waals surface area contributed by atoms with Gasteiger partial charge >= 0.3 is 0 Å². The number of carbonyl (C=O) groups excluding carboxylic acids is 2. The lowest BCUT2D eigenvalue weighted by Crippen LogP contribution is -2.49. The van der Waals surface area contributed by atoms with Gasteiger partial charge in [0, 0.05) is 37.5 Å². The maximum absolute atomic E-state index is 13.7. The highest BCUT2D eigenvalue weighted by Gasteiger charge is 2.37. The summed E-state index contributed by atoms with van der Waals surface area (Å²) in [5.74, 6) is -3.71. The fourth-order valence-electron chi connectivity index (χ4n) is 3.42. The molecule has 0 bridgehead atoms. The minimum absolute atomic E-state index is 0.0416. The molecule has 1 saturated heterocycles. The molecular formula is C18H16F2N4O4. The minimum Gasteiger partial charge on any atom is -0.503 e. The van der Waals surface area contributed by atoms with E-state index in [1.165, 1.54) is 21.8 Å². The number of nitrogens with one attached hydrogen (secondary N) is 1. The maximum Gasteiger partial charge on any atom is 0.288 e. The minimum atomic E-state index is -0.982. The molecule has 0 aliphatic carbocycles. The van der Waals surface area contributed by atoms with Crippen molar-refractivity contribution in [3.63, 3.8) is 0 Å². The number of halogens is 2. The second kappa shape index (κ2) is 6.71. The number of hydrazine groups is 1. The molecule has 0 atom stereocenters. The molecule has 146 valence electrons. The summed E-state index contributed by atoms with van der Waals surface area (Å²) in [5.41, 5.74) is -1.47. The van der Waals surface area contributed by atoms with E-state index in [0.29, 0.717) is 19.2 Å². The Balaban J connectivity index is 1.62. The molecule has 2 aromatic rings. The molecule has 10 heteroatoms. The molecule has 0 unspecified atom stereocenters. The van der Waals surface area contributed by atoms with Crippen LogP contribution < -0.4 is 10.7 Å². The van der Waals surface area contributed by atoms with Crippen LogP contribution in [0, 0.1) is 11.6 Å². The van der Waals surface area contributed by atoms with Gasteiger partial charge in [-0.25, -0.2) is 8.78 Å². The largest absolute Gasteiger partial charge is 0.503 e. The third-order valence-electron chi connectivity index (χ3n) is 4.84. The predicted octanol–water partition coefficient (Wildman–Crippen LogP) is 0.796. The quantitative estimate of drug-likeness (QED) is 0.808. The van der Waals surface area contributed by atoms with Crippen LogP contribution in [0.3, 0.4) is 0 Å². The Kier molecular flexibility index (Phi) is 4.34. The molecule has 1 aromatic carbocycles. The number of pyridine rings is 1. The molecule has 2 aliphatic heterocycles. The van der Waals surface area contributed by atoms with Crippen molar-refractivity contribution in [2.24, 2.45) is 0 Å². The molecule has 0 spiro atoms. The molecule has 0 radical (unpaired) electrons. The van der Waals surface area contributed by atoms with Gasteiger partial charge in [-0.15, -0.1) is 0 Å². The SMILES string of the molecule is O=C(NCc1ccc(F)cc1F)c1cn2c(c(O)c1=O)C(=O)N1CCCN1C2. The highest BCUT2D eigenvalue weighted by atomic mass is 19.1. The fourth-order valence-corrected chi connectivity index (χ4v) is 3.42. The summed E-state index contributed by atoms with van der Waals surface area (Å²) in [6, 6.07) is 2.93. The summed E-state index contributed by atoms with van der Waals surface area (Å²) in [5, 5.41) is 15.8. The summed E-state index contributed by atoms with van der Waals surface area (Å²) in [7, 11) is 0. The van der Waals surface area contributed by atoms with Gasteiger partial charge in [-0.3, -0.25) is 19.4 Å². The van der Waals surface area contributed by atoms with E-state index in [0.717, 1.165) is 12.5 Å². The molecule has 2 aliphatic rings. The van der Waals surface area contributed by atoms with Gasteiger partial charge in [0.15, 0.2) is 11.4 Å². The highest BCUT2D eigenvalue weighted by Crippen LogP contribution is 2.25. The van der Waals surface area contributed by atoms with E-state index >= 15 is 0 Å². The second-order valence-electron chi connectivity index (χ2n) is 6.61. The number of carbonyl (C=O) groups is 2. The zero-order valence-corrected chi connectivity index (χ0v) is 14.6. The van der Waals surface area contributed by atoms with E-state index in [1.807, 2.05) is 0 Å². The van der Waals surface area contributed by atoms with E-state index in [-0.39, 0.29) is 30.0 Å². The second-order valence-corrected chi connectivity index (χ2v) is 6.61. The third-order valence-corrected chi connectivity index (χ3v) is 4.84. The van der Waals surface area contributed by atoms with E-state index in [4.69, 9.17) is 0 Å². The van der Waals surface area contributed by atoms with Crippen LogP contribution in [-0.4, -0.2) is 44.6 Å². The molecule has 1 fully saturated rings. The monoisotopic (exact) mass is 390 g/mol. The van der Waals surface area contributed by atoms with E-state index < -0.39 is 34.6 Å². The number of hydrogen-bond acceptors (Lipinski definition) is 5. The summed E-state index contributed by atoms with van der Waals surface area (Å²) in [6.45, 7) is 1.08. The van der Waals surface area contributed by atoms with Crippen LogP contribution in [0.5, 0.6) is 5.75 Å². The van der Waals surface area contributed by atoms with Gasteiger partial charge in [-0.1, -0.05) is 6.07 Å². The standard InChI is InChI=1S/C18H16F2N4O4/c19-11-3-2-10(13(20)6-11)7-21-17(27)12-8-22-9-23-4-1-5-24(23)18(28)14(22)16(26)15(12)25/h2-3,6,8,26H,1,4-5,7,9H2,(H,21,27). The average molecular weight is 390 g/mol. The van der Waals surface area contributed by atoms with E-state index in [2.05, 4.69) is 5.32 Å². The van der Waals surface area contributed by atoms with Gasteiger partial charge in [-0.05, 0) is 12.5 Å². The Labute approximate surface area is 157 Å². The number of aromatic nitrogens is 1. The number of rotatable bonds is 3. The first-order valence-electron chi connectivity index (χ1n) is 8.62. The van der Waals surface area contributed by atoms with Gasteiger partial charge in [0.25, 0.3) is 11.8 Å². The highest BCUT2D eigenvalue weighted by molar-refractivity contribution is 5.98. The Morgan fingerprint density at radius 1 is 1.21 bits per heavy atom.